The molecule has 1 fully saturated rings. The smallest absolute Gasteiger partial charge is 0.0971 e. The first-order chi connectivity index (χ1) is 6.88. The molecule has 3 nitrogen and oxygen atoms in total. The predicted octanol–water partition coefficient (Wildman–Crippen LogP) is 1.27. The molecule has 4 heteroatoms. The van der Waals surface area contributed by atoms with Gasteiger partial charge in [0.05, 0.1) is 15.0 Å². The molecule has 1 saturated carbocycles. The number of aromatic nitrogens is 3. The van der Waals surface area contributed by atoms with Gasteiger partial charge in [-0.05, 0) is 16.8 Å². The topological polar surface area (TPSA) is 38.7 Å². The minimum atomic E-state index is -0.855. The van der Waals surface area contributed by atoms with Crippen molar-refractivity contribution in [1.29, 1.82) is 0 Å². The van der Waals surface area contributed by atoms with Crippen molar-refractivity contribution >= 4 is 14.1 Å². The van der Waals surface area contributed by atoms with Crippen LogP contribution in [0.5, 0.6) is 0 Å². The summed E-state index contributed by atoms with van der Waals surface area (Å²) in [6.45, 7) is 2.40. The van der Waals surface area contributed by atoms with Gasteiger partial charge in [0, 0.05) is 5.32 Å². The van der Waals surface area contributed by atoms with Crippen molar-refractivity contribution in [2.75, 3.05) is 0 Å². The lowest BCUT2D eigenvalue weighted by atomic mass is 10.0. The molecule has 1 aromatic rings. The lowest BCUT2D eigenvalue weighted by molar-refractivity contribution is 0.498. The molecule has 76 valence electrons. The molecule has 1 aromatic heterocycles. The number of nitrogens with zero attached hydrogens (tertiary/aromatic N) is 3. The van der Waals surface area contributed by atoms with Gasteiger partial charge in [-0.3, -0.25) is 0 Å². The summed E-state index contributed by atoms with van der Waals surface area (Å²) in [5.41, 5.74) is 0.945. The van der Waals surface area contributed by atoms with Crippen molar-refractivity contribution in [3.63, 3.8) is 0 Å². The Bertz CT molecular complexity index is 272. The highest BCUT2D eigenvalue weighted by Crippen LogP contribution is 2.30. The minimum Gasteiger partial charge on any atom is -0.141 e. The molecule has 0 bridgehead atoms. The Morgan fingerprint density at radius 1 is 1.29 bits per heavy atom. The molecule has 0 aliphatic heterocycles. The van der Waals surface area contributed by atoms with Crippen LogP contribution in [0.4, 0.5) is 0 Å². The van der Waals surface area contributed by atoms with Crippen molar-refractivity contribution in [3.05, 3.63) is 12.3 Å². The molecule has 1 aliphatic carbocycles. The third kappa shape index (κ3) is 2.18. The van der Waals surface area contributed by atoms with Gasteiger partial charge in [0.2, 0.25) is 0 Å². The van der Waals surface area contributed by atoms with E-state index in [1.807, 2.05) is 0 Å². The summed E-state index contributed by atoms with van der Waals surface area (Å²) in [4.78, 5) is 0. The molecule has 0 saturated heterocycles. The van der Waals surface area contributed by atoms with Gasteiger partial charge in [-0.15, -0.1) is 10.2 Å². The van der Waals surface area contributed by atoms with E-state index in [9.17, 15) is 0 Å². The van der Waals surface area contributed by atoms with Crippen LogP contribution in [0.3, 0.4) is 0 Å². The standard InChI is InChI=1S/C10H17N3Si/c1-14(9-5-3-2-4-6-9)10-7-8-11-13-12-10/h7-9,14H,2-6H2,1H3. The van der Waals surface area contributed by atoms with Crippen LogP contribution in [0.2, 0.25) is 12.1 Å². The molecular weight excluding hydrogens is 190 g/mol. The minimum absolute atomic E-state index is 0.855. The zero-order chi connectivity index (χ0) is 9.80. The average Bonchev–Trinajstić information content (AvgIpc) is 2.30. The van der Waals surface area contributed by atoms with Crippen molar-refractivity contribution in [2.24, 2.45) is 0 Å². The molecule has 1 aliphatic rings. The van der Waals surface area contributed by atoms with Crippen LogP contribution in [-0.2, 0) is 0 Å². The summed E-state index contributed by atoms with van der Waals surface area (Å²) >= 11 is 0. The van der Waals surface area contributed by atoms with Crippen LogP contribution < -0.4 is 5.32 Å². The second-order valence-corrected chi connectivity index (χ2v) is 7.34. The fraction of sp³-hybridized carbons (Fsp3) is 0.700. The fourth-order valence-electron chi connectivity index (χ4n) is 2.37. The quantitative estimate of drug-likeness (QED) is 0.686. The monoisotopic (exact) mass is 207 g/mol. The Kier molecular flexibility index (Phi) is 3.24. The van der Waals surface area contributed by atoms with Gasteiger partial charge in [0.15, 0.2) is 0 Å². The summed E-state index contributed by atoms with van der Waals surface area (Å²) in [6, 6.07) is 2.05. The Hall–Kier alpha value is -0.773. The van der Waals surface area contributed by atoms with Crippen molar-refractivity contribution in [1.82, 2.24) is 15.4 Å². The van der Waals surface area contributed by atoms with E-state index in [1.165, 1.54) is 37.4 Å². The largest absolute Gasteiger partial charge is 0.141 e. The van der Waals surface area contributed by atoms with Crippen molar-refractivity contribution < 1.29 is 0 Å². The Labute approximate surface area is 86.6 Å². The predicted molar refractivity (Wildman–Crippen MR) is 59.3 cm³/mol. The van der Waals surface area contributed by atoms with E-state index >= 15 is 0 Å². The number of hydrogen-bond donors (Lipinski definition) is 0. The van der Waals surface area contributed by atoms with E-state index in [0.717, 1.165) is 5.54 Å². The highest BCUT2D eigenvalue weighted by molar-refractivity contribution is 6.72. The van der Waals surface area contributed by atoms with Crippen LogP contribution in [0.1, 0.15) is 32.1 Å². The lowest BCUT2D eigenvalue weighted by Gasteiger charge is -2.25. The van der Waals surface area contributed by atoms with Gasteiger partial charge in [-0.2, -0.15) is 0 Å². The summed E-state index contributed by atoms with van der Waals surface area (Å²) in [5.74, 6) is 0. The average molecular weight is 207 g/mol. The normalized spacial score (nSPS) is 20.6. The second-order valence-electron chi connectivity index (χ2n) is 4.23. The van der Waals surface area contributed by atoms with Gasteiger partial charge in [0.25, 0.3) is 0 Å². The van der Waals surface area contributed by atoms with Gasteiger partial charge in [0.1, 0.15) is 0 Å². The van der Waals surface area contributed by atoms with E-state index in [0.29, 0.717) is 0 Å². The summed E-state index contributed by atoms with van der Waals surface area (Å²) in [7, 11) is -0.855. The second kappa shape index (κ2) is 4.64. The summed E-state index contributed by atoms with van der Waals surface area (Å²) in [5, 5.41) is 12.9. The Balaban J connectivity index is 2.03. The maximum atomic E-state index is 4.15. The summed E-state index contributed by atoms with van der Waals surface area (Å²) in [6.07, 6.45) is 8.87. The molecule has 0 radical (unpaired) electrons. The highest BCUT2D eigenvalue weighted by Gasteiger charge is 2.23. The molecule has 2 rings (SSSR count). The zero-order valence-electron chi connectivity index (χ0n) is 8.69. The molecule has 0 aromatic carbocycles. The molecule has 1 atom stereocenters. The first-order valence-electron chi connectivity index (χ1n) is 5.52. The molecule has 14 heavy (non-hydrogen) atoms. The molecule has 0 amide bonds. The number of hydrogen-bond acceptors (Lipinski definition) is 3. The van der Waals surface area contributed by atoms with Crippen LogP contribution in [0, 0.1) is 0 Å². The van der Waals surface area contributed by atoms with Crippen molar-refractivity contribution in [2.45, 2.75) is 44.2 Å². The van der Waals surface area contributed by atoms with E-state index in [4.69, 9.17) is 0 Å². The van der Waals surface area contributed by atoms with Crippen LogP contribution in [0.15, 0.2) is 12.3 Å². The zero-order valence-corrected chi connectivity index (χ0v) is 9.84. The van der Waals surface area contributed by atoms with Crippen LogP contribution >= 0.6 is 0 Å². The van der Waals surface area contributed by atoms with Crippen LogP contribution in [-0.4, -0.2) is 24.2 Å². The third-order valence-corrected chi connectivity index (χ3v) is 6.67. The SMILES string of the molecule is C[SiH](c1ccnnn1)C1CCCCC1. The molecular formula is C10H17N3Si. The first-order valence-corrected chi connectivity index (χ1v) is 7.92. The molecule has 0 spiro atoms. The number of rotatable bonds is 2. The molecule has 1 unspecified atom stereocenters. The maximum Gasteiger partial charge on any atom is 0.0971 e. The van der Waals surface area contributed by atoms with Gasteiger partial charge < -0.3 is 0 Å². The van der Waals surface area contributed by atoms with Gasteiger partial charge >= 0.3 is 0 Å². The Morgan fingerprint density at radius 3 is 2.71 bits per heavy atom. The van der Waals surface area contributed by atoms with Crippen LogP contribution in [0.25, 0.3) is 0 Å². The maximum absolute atomic E-state index is 4.15. The summed E-state index contributed by atoms with van der Waals surface area (Å²) < 4.78 is 0. The van der Waals surface area contributed by atoms with Crippen molar-refractivity contribution in [3.8, 4) is 0 Å². The van der Waals surface area contributed by atoms with E-state index in [1.54, 1.807) is 6.20 Å². The van der Waals surface area contributed by atoms with Gasteiger partial charge in [-0.1, -0.05) is 38.7 Å². The van der Waals surface area contributed by atoms with E-state index in [-0.39, 0.29) is 0 Å². The molecule has 1 heterocycles. The fourth-order valence-corrected chi connectivity index (χ4v) is 4.95. The lowest BCUT2D eigenvalue weighted by Crippen LogP contribution is -2.35. The Morgan fingerprint density at radius 2 is 2.07 bits per heavy atom. The third-order valence-electron chi connectivity index (χ3n) is 3.35. The van der Waals surface area contributed by atoms with E-state index in [2.05, 4.69) is 28.0 Å². The van der Waals surface area contributed by atoms with Gasteiger partial charge in [-0.25, -0.2) is 0 Å². The first kappa shape index (κ1) is 9.77. The molecule has 0 N–H and O–H groups in total. The van der Waals surface area contributed by atoms with E-state index < -0.39 is 8.80 Å². The highest BCUT2D eigenvalue weighted by atomic mass is 28.3.